The van der Waals surface area contributed by atoms with Gasteiger partial charge < -0.3 is 15.3 Å². The van der Waals surface area contributed by atoms with Crippen LogP contribution in [0.15, 0.2) is 18.2 Å². The van der Waals surface area contributed by atoms with Crippen molar-refractivity contribution < 1.29 is 14.7 Å². The number of carbonyl (C=O) groups excluding carboxylic acids is 1. The van der Waals surface area contributed by atoms with Gasteiger partial charge in [-0.3, -0.25) is 0 Å². The van der Waals surface area contributed by atoms with Gasteiger partial charge in [-0.25, -0.2) is 9.59 Å². The molecule has 2 unspecified atom stereocenters. The first-order chi connectivity index (χ1) is 9.88. The number of carbonyl (C=O) groups is 2. The second kappa shape index (κ2) is 6.35. The molecule has 0 aromatic heterocycles. The quantitative estimate of drug-likeness (QED) is 0.875. The summed E-state index contributed by atoms with van der Waals surface area (Å²) in [6.07, 6.45) is 1.92. The number of aromatic carboxylic acids is 1. The molecule has 1 heterocycles. The standard InChI is InChI=1S/C15H19ClN2O3/c1-9-5-6-18(10(2)7-9)15(21)17-13-4-3-11(16)8-12(13)14(19)20/h3-4,8-10H,5-7H2,1-2H3,(H,17,21)(H,19,20). The van der Waals surface area contributed by atoms with Gasteiger partial charge in [-0.2, -0.15) is 0 Å². The number of carboxylic acids is 1. The molecule has 0 saturated carbocycles. The highest BCUT2D eigenvalue weighted by molar-refractivity contribution is 6.31. The van der Waals surface area contributed by atoms with E-state index in [2.05, 4.69) is 12.2 Å². The Balaban J connectivity index is 2.14. The maximum Gasteiger partial charge on any atom is 0.337 e. The third-order valence-corrected chi connectivity index (χ3v) is 4.09. The number of benzene rings is 1. The first-order valence-corrected chi connectivity index (χ1v) is 7.36. The van der Waals surface area contributed by atoms with Crippen LogP contribution in [0.4, 0.5) is 10.5 Å². The monoisotopic (exact) mass is 310 g/mol. The fourth-order valence-corrected chi connectivity index (χ4v) is 2.87. The van der Waals surface area contributed by atoms with Crippen molar-refractivity contribution in [3.05, 3.63) is 28.8 Å². The van der Waals surface area contributed by atoms with Crippen LogP contribution in [0.3, 0.4) is 0 Å². The average molecular weight is 311 g/mol. The van der Waals surface area contributed by atoms with Crippen molar-refractivity contribution in [2.45, 2.75) is 32.7 Å². The van der Waals surface area contributed by atoms with E-state index in [0.717, 1.165) is 12.8 Å². The summed E-state index contributed by atoms with van der Waals surface area (Å²) < 4.78 is 0. The van der Waals surface area contributed by atoms with Crippen molar-refractivity contribution in [3.63, 3.8) is 0 Å². The molecule has 21 heavy (non-hydrogen) atoms. The molecule has 1 aliphatic heterocycles. The van der Waals surface area contributed by atoms with Crippen molar-refractivity contribution >= 4 is 29.3 Å². The summed E-state index contributed by atoms with van der Waals surface area (Å²) in [7, 11) is 0. The van der Waals surface area contributed by atoms with Gasteiger partial charge in [0.2, 0.25) is 0 Å². The molecule has 0 bridgehead atoms. The lowest BCUT2D eigenvalue weighted by Crippen LogP contribution is -2.46. The van der Waals surface area contributed by atoms with E-state index in [1.54, 1.807) is 11.0 Å². The van der Waals surface area contributed by atoms with E-state index in [1.165, 1.54) is 12.1 Å². The van der Waals surface area contributed by atoms with E-state index < -0.39 is 5.97 Å². The SMILES string of the molecule is CC1CCN(C(=O)Nc2ccc(Cl)cc2C(=O)O)C(C)C1. The number of carboxylic acid groups (broad SMARTS) is 1. The molecule has 6 heteroatoms. The number of nitrogens with zero attached hydrogens (tertiary/aromatic N) is 1. The molecule has 2 atom stereocenters. The maximum absolute atomic E-state index is 12.3. The summed E-state index contributed by atoms with van der Waals surface area (Å²) >= 11 is 5.80. The smallest absolute Gasteiger partial charge is 0.337 e. The second-order valence-corrected chi connectivity index (χ2v) is 6.03. The highest BCUT2D eigenvalue weighted by Gasteiger charge is 2.27. The Labute approximate surface area is 128 Å². The summed E-state index contributed by atoms with van der Waals surface area (Å²) in [5.74, 6) is -0.512. The van der Waals surface area contributed by atoms with Gasteiger partial charge >= 0.3 is 12.0 Å². The molecule has 5 nitrogen and oxygen atoms in total. The average Bonchev–Trinajstić information content (AvgIpc) is 2.40. The van der Waals surface area contributed by atoms with Crippen LogP contribution in [-0.2, 0) is 0 Å². The van der Waals surface area contributed by atoms with Crippen molar-refractivity contribution in [3.8, 4) is 0 Å². The molecular weight excluding hydrogens is 292 g/mol. The van der Waals surface area contributed by atoms with E-state index in [0.29, 0.717) is 17.5 Å². The van der Waals surface area contributed by atoms with Crippen molar-refractivity contribution in [1.29, 1.82) is 0 Å². The fourth-order valence-electron chi connectivity index (χ4n) is 2.70. The lowest BCUT2D eigenvalue weighted by atomic mass is 9.94. The number of anilines is 1. The largest absolute Gasteiger partial charge is 0.478 e. The second-order valence-electron chi connectivity index (χ2n) is 5.60. The predicted octanol–water partition coefficient (Wildman–Crippen LogP) is 3.69. The molecule has 0 aliphatic carbocycles. The lowest BCUT2D eigenvalue weighted by Gasteiger charge is -2.36. The predicted molar refractivity (Wildman–Crippen MR) is 82.0 cm³/mol. The van der Waals surface area contributed by atoms with Gasteiger partial charge in [-0.05, 0) is 43.9 Å². The molecule has 1 aliphatic rings. The summed E-state index contributed by atoms with van der Waals surface area (Å²) in [5, 5.41) is 12.2. The van der Waals surface area contributed by atoms with E-state index >= 15 is 0 Å². The number of piperidine rings is 1. The van der Waals surface area contributed by atoms with Crippen LogP contribution >= 0.6 is 11.6 Å². The highest BCUT2D eigenvalue weighted by atomic mass is 35.5. The number of likely N-dealkylation sites (tertiary alicyclic amines) is 1. The van der Waals surface area contributed by atoms with E-state index in [9.17, 15) is 14.7 Å². The van der Waals surface area contributed by atoms with Crippen LogP contribution in [0.2, 0.25) is 5.02 Å². The number of hydrogen-bond acceptors (Lipinski definition) is 2. The minimum atomic E-state index is -1.12. The zero-order chi connectivity index (χ0) is 15.6. The number of nitrogens with one attached hydrogen (secondary N) is 1. The first kappa shape index (κ1) is 15.6. The Morgan fingerprint density at radius 3 is 2.71 bits per heavy atom. The molecule has 1 aromatic carbocycles. The molecule has 0 spiro atoms. The lowest BCUT2D eigenvalue weighted by molar-refractivity contribution is 0.0698. The number of amides is 2. The van der Waals surface area contributed by atoms with Crippen LogP contribution in [0.1, 0.15) is 37.0 Å². The van der Waals surface area contributed by atoms with E-state index in [4.69, 9.17) is 11.6 Å². The van der Waals surface area contributed by atoms with Crippen LogP contribution < -0.4 is 5.32 Å². The molecular formula is C15H19ClN2O3. The first-order valence-electron chi connectivity index (χ1n) is 6.99. The molecule has 2 rings (SSSR count). The van der Waals surface area contributed by atoms with Gasteiger partial charge in [0, 0.05) is 17.6 Å². The topological polar surface area (TPSA) is 69.6 Å². The summed E-state index contributed by atoms with van der Waals surface area (Å²) in [6.45, 7) is 4.87. The zero-order valence-electron chi connectivity index (χ0n) is 12.1. The Kier molecular flexibility index (Phi) is 4.73. The summed E-state index contributed by atoms with van der Waals surface area (Å²) in [6, 6.07) is 4.29. The Hall–Kier alpha value is -1.75. The molecule has 0 radical (unpaired) electrons. The van der Waals surface area contributed by atoms with Crippen LogP contribution in [0, 0.1) is 5.92 Å². The Morgan fingerprint density at radius 2 is 2.10 bits per heavy atom. The van der Waals surface area contributed by atoms with Gasteiger partial charge in [0.25, 0.3) is 0 Å². The van der Waals surface area contributed by atoms with Crippen molar-refractivity contribution in [2.75, 3.05) is 11.9 Å². The molecule has 2 amide bonds. The maximum atomic E-state index is 12.3. The molecule has 1 aromatic rings. The molecule has 1 saturated heterocycles. The van der Waals surface area contributed by atoms with Gasteiger partial charge in [-0.1, -0.05) is 18.5 Å². The molecule has 1 fully saturated rings. The number of hydrogen-bond donors (Lipinski definition) is 2. The van der Waals surface area contributed by atoms with Gasteiger partial charge in [0.1, 0.15) is 0 Å². The van der Waals surface area contributed by atoms with Gasteiger partial charge in [0.05, 0.1) is 11.3 Å². The van der Waals surface area contributed by atoms with Crippen molar-refractivity contribution in [2.24, 2.45) is 5.92 Å². The zero-order valence-corrected chi connectivity index (χ0v) is 12.9. The minimum absolute atomic E-state index is 0.00567. The van der Waals surface area contributed by atoms with E-state index in [1.807, 2.05) is 6.92 Å². The number of rotatable bonds is 2. The minimum Gasteiger partial charge on any atom is -0.478 e. The summed E-state index contributed by atoms with van der Waals surface area (Å²) in [4.78, 5) is 25.3. The summed E-state index contributed by atoms with van der Waals surface area (Å²) in [5.41, 5.74) is 0.261. The Bertz CT molecular complexity index is 562. The normalized spacial score (nSPS) is 22.0. The number of urea groups is 1. The molecule has 114 valence electrons. The van der Waals surface area contributed by atoms with Crippen LogP contribution in [-0.4, -0.2) is 34.6 Å². The van der Waals surface area contributed by atoms with Crippen molar-refractivity contribution in [1.82, 2.24) is 4.90 Å². The fraction of sp³-hybridized carbons (Fsp3) is 0.467. The third kappa shape index (κ3) is 3.67. The van der Waals surface area contributed by atoms with E-state index in [-0.39, 0.29) is 23.3 Å². The molecule has 2 N–H and O–H groups in total. The third-order valence-electron chi connectivity index (χ3n) is 3.85. The highest BCUT2D eigenvalue weighted by Crippen LogP contribution is 2.25. The Morgan fingerprint density at radius 1 is 1.38 bits per heavy atom. The number of halogens is 1. The van der Waals surface area contributed by atoms with Gasteiger partial charge in [-0.15, -0.1) is 0 Å². The van der Waals surface area contributed by atoms with Crippen LogP contribution in [0.5, 0.6) is 0 Å². The van der Waals surface area contributed by atoms with Gasteiger partial charge in [0.15, 0.2) is 0 Å². The van der Waals surface area contributed by atoms with Crippen LogP contribution in [0.25, 0.3) is 0 Å².